The Kier molecular flexibility index (Phi) is 32.8. The van der Waals surface area contributed by atoms with Crippen molar-refractivity contribution in [2.24, 2.45) is 0 Å². The van der Waals surface area contributed by atoms with Gasteiger partial charge in [0.15, 0.2) is 8.32 Å². The first kappa shape index (κ1) is 47.7. The lowest BCUT2D eigenvalue weighted by Crippen LogP contribution is -2.41. The standard InChI is InChI=1S/C35H73NO13Si/c1-35(2,3)50(4,5)49-33-31-47-29-27-45-25-23-43-21-19-41-17-15-39-13-11-37-10-12-38-14-16-40-18-20-42-22-24-44-26-28-46-30-32-48-34-6-8-36-9-7-34/h34,36H,6-33H2,1-5H3. The molecule has 14 nitrogen and oxygen atoms in total. The quantitative estimate of drug-likeness (QED) is 0.0735. The molecule has 0 aromatic carbocycles. The minimum atomic E-state index is -1.70. The van der Waals surface area contributed by atoms with Crippen LogP contribution < -0.4 is 5.32 Å². The molecule has 1 fully saturated rings. The Hall–Kier alpha value is -0.343. The van der Waals surface area contributed by atoms with Gasteiger partial charge in [0.25, 0.3) is 0 Å². The number of rotatable bonds is 38. The lowest BCUT2D eigenvalue weighted by atomic mass is 10.1. The van der Waals surface area contributed by atoms with Crippen LogP contribution in [0.15, 0.2) is 0 Å². The molecule has 0 bridgehead atoms. The molecular formula is C35H73NO13Si. The fourth-order valence-electron chi connectivity index (χ4n) is 4.11. The van der Waals surface area contributed by atoms with E-state index in [1.54, 1.807) is 0 Å². The molecule has 1 rings (SSSR count). The molecule has 1 aliphatic rings. The Morgan fingerprint density at radius 2 is 0.640 bits per heavy atom. The van der Waals surface area contributed by atoms with E-state index in [1.165, 1.54) is 0 Å². The van der Waals surface area contributed by atoms with E-state index in [9.17, 15) is 0 Å². The molecule has 0 radical (unpaired) electrons. The topological polar surface area (TPSA) is 132 Å². The first-order chi connectivity index (χ1) is 24.3. The summed E-state index contributed by atoms with van der Waals surface area (Å²) in [6, 6.07) is 0. The van der Waals surface area contributed by atoms with Crippen molar-refractivity contribution in [2.45, 2.75) is 57.8 Å². The number of ether oxygens (including phenoxy) is 12. The Morgan fingerprint density at radius 3 is 0.900 bits per heavy atom. The van der Waals surface area contributed by atoms with Crippen LogP contribution >= 0.6 is 0 Å². The third-order valence-electron chi connectivity index (χ3n) is 8.08. The van der Waals surface area contributed by atoms with Crippen LogP contribution in [0.1, 0.15) is 33.6 Å². The minimum Gasteiger partial charge on any atom is -0.414 e. The summed E-state index contributed by atoms with van der Waals surface area (Å²) in [5, 5.41) is 3.55. The number of piperidine rings is 1. The second-order valence-electron chi connectivity index (χ2n) is 13.2. The average molecular weight is 744 g/mol. The summed E-state index contributed by atoms with van der Waals surface area (Å²) in [7, 11) is -1.70. The van der Waals surface area contributed by atoms with Gasteiger partial charge in [0.2, 0.25) is 0 Å². The first-order valence-corrected chi connectivity index (χ1v) is 21.5. The van der Waals surface area contributed by atoms with Crippen LogP contribution in [-0.2, 0) is 61.3 Å². The zero-order valence-corrected chi connectivity index (χ0v) is 33.2. The van der Waals surface area contributed by atoms with Crippen LogP contribution in [0.5, 0.6) is 0 Å². The predicted molar refractivity (Wildman–Crippen MR) is 194 cm³/mol. The highest BCUT2D eigenvalue weighted by molar-refractivity contribution is 6.74. The van der Waals surface area contributed by atoms with Crippen molar-refractivity contribution in [3.05, 3.63) is 0 Å². The summed E-state index contributed by atoms with van der Waals surface area (Å²) in [4.78, 5) is 0. The van der Waals surface area contributed by atoms with E-state index in [0.29, 0.717) is 165 Å². The highest BCUT2D eigenvalue weighted by atomic mass is 28.4. The monoisotopic (exact) mass is 743 g/mol. The summed E-state index contributed by atoms with van der Waals surface area (Å²) in [6.45, 7) is 26.3. The second-order valence-corrected chi connectivity index (χ2v) is 18.0. The molecule has 1 N–H and O–H groups in total. The van der Waals surface area contributed by atoms with Crippen LogP contribution in [0, 0.1) is 0 Å². The molecule has 1 aliphatic heterocycles. The molecular weight excluding hydrogens is 670 g/mol. The van der Waals surface area contributed by atoms with Gasteiger partial charge in [0.1, 0.15) is 0 Å². The third-order valence-corrected chi connectivity index (χ3v) is 12.6. The van der Waals surface area contributed by atoms with E-state index in [0.717, 1.165) is 25.9 Å². The van der Waals surface area contributed by atoms with Crippen molar-refractivity contribution in [1.82, 2.24) is 5.32 Å². The van der Waals surface area contributed by atoms with Crippen molar-refractivity contribution in [1.29, 1.82) is 0 Å². The maximum Gasteiger partial charge on any atom is 0.192 e. The van der Waals surface area contributed by atoms with E-state index in [4.69, 9.17) is 61.3 Å². The van der Waals surface area contributed by atoms with Gasteiger partial charge in [-0.1, -0.05) is 20.8 Å². The van der Waals surface area contributed by atoms with Gasteiger partial charge in [-0.2, -0.15) is 0 Å². The van der Waals surface area contributed by atoms with Crippen molar-refractivity contribution in [3.8, 4) is 0 Å². The van der Waals surface area contributed by atoms with Gasteiger partial charge in [0, 0.05) is 0 Å². The zero-order chi connectivity index (χ0) is 36.3. The van der Waals surface area contributed by atoms with Crippen LogP contribution in [0.3, 0.4) is 0 Å². The van der Waals surface area contributed by atoms with Crippen LogP contribution in [0.2, 0.25) is 18.1 Å². The fraction of sp³-hybridized carbons (Fsp3) is 1.00. The Labute approximate surface area is 304 Å². The van der Waals surface area contributed by atoms with Gasteiger partial charge in [-0.3, -0.25) is 0 Å². The van der Waals surface area contributed by atoms with Crippen LogP contribution in [0.4, 0.5) is 0 Å². The average Bonchev–Trinajstić information content (AvgIpc) is 3.09. The molecule has 50 heavy (non-hydrogen) atoms. The SMILES string of the molecule is CC(C)(C)[Si](C)(C)OCCOCCOCCOCCOCCOCCOCCOCCOCCOCCOCCOCCOC1CCNCC1. The fourth-order valence-corrected chi connectivity index (χ4v) is 5.14. The van der Waals surface area contributed by atoms with Gasteiger partial charge >= 0.3 is 0 Å². The second kappa shape index (κ2) is 34.4. The lowest BCUT2D eigenvalue weighted by molar-refractivity contribution is -0.0326. The van der Waals surface area contributed by atoms with Crippen molar-refractivity contribution >= 4 is 8.32 Å². The predicted octanol–water partition coefficient (Wildman–Crippen LogP) is 2.96. The van der Waals surface area contributed by atoms with E-state index < -0.39 is 8.32 Å². The van der Waals surface area contributed by atoms with Gasteiger partial charge in [-0.05, 0) is 44.1 Å². The van der Waals surface area contributed by atoms with Crippen molar-refractivity contribution in [2.75, 3.05) is 172 Å². The molecule has 0 unspecified atom stereocenters. The normalized spacial score (nSPS) is 14.6. The van der Waals surface area contributed by atoms with Gasteiger partial charge in [-0.15, -0.1) is 0 Å². The molecule has 15 heteroatoms. The summed E-state index contributed by atoms with van der Waals surface area (Å²) < 4.78 is 72.6. The number of nitrogens with one attached hydrogen (secondary N) is 1. The van der Waals surface area contributed by atoms with E-state index in [-0.39, 0.29) is 5.04 Å². The third kappa shape index (κ3) is 31.2. The van der Waals surface area contributed by atoms with Gasteiger partial charge in [-0.25, -0.2) is 0 Å². The highest BCUT2D eigenvalue weighted by Crippen LogP contribution is 2.36. The first-order valence-electron chi connectivity index (χ1n) is 18.6. The molecule has 0 amide bonds. The number of hydrogen-bond donors (Lipinski definition) is 1. The van der Waals surface area contributed by atoms with Crippen LogP contribution in [-0.4, -0.2) is 186 Å². The van der Waals surface area contributed by atoms with E-state index in [2.05, 4.69) is 39.2 Å². The van der Waals surface area contributed by atoms with E-state index in [1.807, 2.05) is 0 Å². The molecule has 0 aliphatic carbocycles. The summed E-state index contributed by atoms with van der Waals surface area (Å²) in [6.07, 6.45) is 2.53. The maximum atomic E-state index is 6.08. The Balaban J connectivity index is 1.63. The van der Waals surface area contributed by atoms with Gasteiger partial charge in [0.05, 0.1) is 165 Å². The highest BCUT2D eigenvalue weighted by Gasteiger charge is 2.36. The molecule has 0 aromatic rings. The summed E-state index contributed by atoms with van der Waals surface area (Å²) >= 11 is 0. The van der Waals surface area contributed by atoms with Crippen molar-refractivity contribution < 1.29 is 61.3 Å². The van der Waals surface area contributed by atoms with Crippen molar-refractivity contribution in [3.63, 3.8) is 0 Å². The summed E-state index contributed by atoms with van der Waals surface area (Å²) in [5.41, 5.74) is 0. The molecule has 0 spiro atoms. The molecule has 1 heterocycles. The summed E-state index contributed by atoms with van der Waals surface area (Å²) in [5.74, 6) is 0. The molecule has 1 saturated heterocycles. The molecule has 0 saturated carbocycles. The Bertz CT molecular complexity index is 700. The van der Waals surface area contributed by atoms with E-state index >= 15 is 0 Å². The largest absolute Gasteiger partial charge is 0.414 e. The molecule has 0 atom stereocenters. The molecule has 0 aromatic heterocycles. The van der Waals surface area contributed by atoms with Crippen LogP contribution in [0.25, 0.3) is 0 Å². The maximum absolute atomic E-state index is 6.08. The smallest absolute Gasteiger partial charge is 0.192 e. The van der Waals surface area contributed by atoms with Gasteiger partial charge < -0.3 is 66.6 Å². The Morgan fingerprint density at radius 1 is 0.400 bits per heavy atom. The minimum absolute atomic E-state index is 0.217. The number of hydrogen-bond acceptors (Lipinski definition) is 14. The molecule has 300 valence electrons. The lowest BCUT2D eigenvalue weighted by Gasteiger charge is -2.36. The zero-order valence-electron chi connectivity index (χ0n) is 32.2.